The fourth-order valence-corrected chi connectivity index (χ4v) is 12.1. The number of carbonyl (C=O) groups excluding carboxylic acids is 5. The first-order valence-electron chi connectivity index (χ1n) is 27.3. The predicted octanol–water partition coefficient (Wildman–Crippen LogP) is 7.78. The number of carbonyl (C=O) groups is 5. The lowest BCUT2D eigenvalue weighted by atomic mass is 9.78. The lowest BCUT2D eigenvalue weighted by Crippen LogP contribution is -2.61. The fraction of sp³-hybridized carbons (Fsp3) is 0.707. The highest BCUT2D eigenvalue weighted by Crippen LogP contribution is 2.39. The number of anilines is 1. The molecule has 1 amide bonds. The quantitative estimate of drug-likeness (QED) is 0.135. The van der Waals surface area contributed by atoms with Crippen molar-refractivity contribution in [3.8, 4) is 0 Å². The Labute approximate surface area is 449 Å². The molecule has 418 valence electrons. The van der Waals surface area contributed by atoms with Gasteiger partial charge in [0.25, 0.3) is 11.7 Å². The molecule has 17 atom stereocenters. The Bertz CT molecular complexity index is 2270. The third-order valence-electron chi connectivity index (χ3n) is 16.9. The molecule has 1 aromatic carbocycles. The van der Waals surface area contributed by atoms with E-state index in [9.17, 15) is 39.3 Å². The molecule has 1 saturated carbocycles. The molecule has 6 aliphatic rings. The maximum absolute atomic E-state index is 14.5. The van der Waals surface area contributed by atoms with Crippen LogP contribution >= 0.6 is 11.6 Å². The van der Waals surface area contributed by atoms with Crippen LogP contribution < -0.4 is 5.06 Å². The van der Waals surface area contributed by atoms with Crippen molar-refractivity contribution < 1.29 is 67.8 Å². The number of hydrogen-bond acceptors (Lipinski definition) is 15. The summed E-state index contributed by atoms with van der Waals surface area (Å²) in [5.74, 6) is -8.58. The Morgan fingerprint density at radius 3 is 2.27 bits per heavy atom. The second kappa shape index (κ2) is 26.7. The third-order valence-corrected chi connectivity index (χ3v) is 17.3. The van der Waals surface area contributed by atoms with Crippen LogP contribution in [0.2, 0.25) is 5.02 Å². The van der Waals surface area contributed by atoms with Crippen LogP contribution in [0, 0.1) is 42.4 Å². The van der Waals surface area contributed by atoms with Gasteiger partial charge >= 0.3 is 5.97 Å². The first-order chi connectivity index (χ1) is 35.5. The van der Waals surface area contributed by atoms with Crippen LogP contribution in [-0.4, -0.2) is 144 Å². The molecule has 5 aliphatic heterocycles. The topological polar surface area (TPSA) is 208 Å². The highest BCUT2D eigenvalue weighted by molar-refractivity contribution is 6.39. The normalized spacial score (nSPS) is 37.2. The average molecular weight is 1070 g/mol. The monoisotopic (exact) mass is 1070 g/mol. The number of ether oxygens (including phenoxy) is 5. The first kappa shape index (κ1) is 60.4. The van der Waals surface area contributed by atoms with Gasteiger partial charge in [0.1, 0.15) is 36.2 Å². The number of halogens is 1. The summed E-state index contributed by atoms with van der Waals surface area (Å²) < 4.78 is 29.9. The average Bonchev–Trinajstić information content (AvgIpc) is 3.39. The van der Waals surface area contributed by atoms with Crippen molar-refractivity contribution in [1.82, 2.24) is 4.90 Å². The molecule has 0 radical (unpaired) electrons. The zero-order chi connectivity index (χ0) is 55.1. The van der Waals surface area contributed by atoms with Gasteiger partial charge in [0.05, 0.1) is 36.1 Å². The Kier molecular flexibility index (Phi) is 21.5. The number of aliphatic hydroxyl groups is 3. The predicted molar refractivity (Wildman–Crippen MR) is 283 cm³/mol. The van der Waals surface area contributed by atoms with Crippen molar-refractivity contribution in [3.05, 3.63) is 64.2 Å². The van der Waals surface area contributed by atoms with Gasteiger partial charge in [-0.05, 0) is 144 Å². The van der Waals surface area contributed by atoms with Crippen molar-refractivity contribution in [1.29, 1.82) is 0 Å². The lowest BCUT2D eigenvalue weighted by Gasteiger charge is -2.43. The van der Waals surface area contributed by atoms with Crippen LogP contribution in [0.4, 0.5) is 5.69 Å². The Morgan fingerprint density at radius 1 is 0.853 bits per heavy atom. The number of aryl methyl sites for hydroxylation is 1. The summed E-state index contributed by atoms with van der Waals surface area (Å²) in [4.78, 5) is 79.9. The number of hydrogen-bond donors (Lipinski definition) is 3. The van der Waals surface area contributed by atoms with Crippen LogP contribution in [0.1, 0.15) is 131 Å². The van der Waals surface area contributed by atoms with Gasteiger partial charge in [0.2, 0.25) is 5.79 Å². The molecular formula is C58H85ClN2O14. The van der Waals surface area contributed by atoms with Gasteiger partial charge in [0, 0.05) is 63.5 Å². The molecule has 16 nitrogen and oxygen atoms in total. The van der Waals surface area contributed by atoms with Gasteiger partial charge < -0.3 is 43.9 Å². The van der Waals surface area contributed by atoms with Crippen LogP contribution in [-0.2, 0) is 52.5 Å². The molecule has 75 heavy (non-hydrogen) atoms. The van der Waals surface area contributed by atoms with E-state index in [0.29, 0.717) is 68.4 Å². The van der Waals surface area contributed by atoms with Gasteiger partial charge in [-0.1, -0.05) is 64.4 Å². The smallest absolute Gasteiger partial charge is 0.329 e. The number of ketones is 3. The van der Waals surface area contributed by atoms with E-state index in [1.807, 2.05) is 70.0 Å². The number of methoxy groups -OCH3 is 3. The van der Waals surface area contributed by atoms with Crippen molar-refractivity contribution in [3.63, 3.8) is 0 Å². The van der Waals surface area contributed by atoms with Crippen molar-refractivity contribution in [2.45, 2.75) is 199 Å². The minimum Gasteiger partial charge on any atom is -0.460 e. The van der Waals surface area contributed by atoms with Crippen molar-refractivity contribution in [2.75, 3.05) is 32.9 Å². The summed E-state index contributed by atoms with van der Waals surface area (Å²) in [5.41, 5.74) is 2.76. The summed E-state index contributed by atoms with van der Waals surface area (Å²) in [6.45, 7) is 14.6. The van der Waals surface area contributed by atoms with Gasteiger partial charge in [0.15, 0.2) is 5.78 Å². The lowest BCUT2D eigenvalue weighted by molar-refractivity contribution is -0.265. The van der Waals surface area contributed by atoms with E-state index in [2.05, 4.69) is 6.08 Å². The molecule has 0 spiro atoms. The summed E-state index contributed by atoms with van der Waals surface area (Å²) >= 11 is 6.49. The van der Waals surface area contributed by atoms with Gasteiger partial charge in [-0.3, -0.25) is 24.0 Å². The molecule has 17 heteroatoms. The Morgan fingerprint density at radius 2 is 1.59 bits per heavy atom. The SMILES string of the molecule is CO[C@H]1C[C@@H]2CC[C@@H](C)[C@@](O)(O2)C(=O)C(=O)N2CCCCC2C(=O)O[C@H]([C@H](C)C[C@@H]2CC[C@@H](O)[C@H](OC)C2)CC(=O)[C@H](C)C=C(C)[C@@H](O)[C@@H](OC)C(=O)[C@H](C)C[C@H](C)C2C=CC(C=C1C)ON2c1ccc(Cl)c(C)c1. The molecule has 3 unspecified atom stereocenters. The minimum absolute atomic E-state index is 0.0650. The molecular weight excluding hydrogens is 984 g/mol. The van der Waals surface area contributed by atoms with E-state index < -0.39 is 90.0 Å². The zero-order valence-corrected chi connectivity index (χ0v) is 46.8. The van der Waals surface area contributed by atoms with Crippen molar-refractivity contribution in [2.24, 2.45) is 35.5 Å². The summed E-state index contributed by atoms with van der Waals surface area (Å²) in [6, 6.07) is 4.13. The maximum Gasteiger partial charge on any atom is 0.329 e. The van der Waals surface area contributed by atoms with E-state index in [-0.39, 0.29) is 67.3 Å². The highest BCUT2D eigenvalue weighted by atomic mass is 35.5. The minimum atomic E-state index is -2.49. The molecule has 3 fully saturated rings. The first-order valence-corrected chi connectivity index (χ1v) is 27.6. The molecule has 0 aromatic heterocycles. The van der Waals surface area contributed by atoms with Crippen LogP contribution in [0.25, 0.3) is 0 Å². The summed E-state index contributed by atoms with van der Waals surface area (Å²) in [5, 5.41) is 36.9. The molecule has 7 rings (SSSR count). The molecule has 2 saturated heterocycles. The third kappa shape index (κ3) is 14.5. The van der Waals surface area contributed by atoms with Crippen LogP contribution in [0.3, 0.4) is 0 Å². The number of aliphatic hydroxyl groups excluding tert-OH is 2. The number of esters is 1. The van der Waals surface area contributed by atoms with Gasteiger partial charge in [-0.25, -0.2) is 9.86 Å². The second-order valence-corrected chi connectivity index (χ2v) is 22.9. The number of amides is 1. The maximum atomic E-state index is 14.5. The molecule has 1 aromatic rings. The van der Waals surface area contributed by atoms with Gasteiger partial charge in [-0.15, -0.1) is 0 Å². The van der Waals surface area contributed by atoms with E-state index in [1.54, 1.807) is 41.1 Å². The van der Waals surface area contributed by atoms with Gasteiger partial charge in [-0.2, -0.15) is 0 Å². The van der Waals surface area contributed by atoms with Crippen LogP contribution in [0.15, 0.2) is 53.6 Å². The standard InChI is InChI=1S/C58H85ClN2O14/c1-32-27-41(17-20-44(32)59)61-45-21-19-43(75-61)28-36(5)49(70-9)30-42-18-15-39(8)58(69,74-42)55(66)56(67)60-23-13-12-14-46(60)57(68)73-50(35(4)26-40-16-22-47(62)51(29-40)71-10)31-48(63)34(3)25-38(7)53(65)54(72-11)52(64)37(6)24-33(45)2/h17,19-21,25,27-28,33-35,37,39-40,42-43,45-47,49-51,53-54,62,65,69H,12-16,18,22-24,26,29-31H2,1-11H3/t33-,34+,35+,37+,39+,40-,42-,43?,45?,46?,47+,49-,50-,51+,53+,54-,58+/m0/s1. The largest absolute Gasteiger partial charge is 0.460 e. The van der Waals surface area contributed by atoms with E-state index in [1.165, 1.54) is 12.0 Å². The Hall–Kier alpha value is -3.84. The van der Waals surface area contributed by atoms with Crippen LogP contribution in [0.5, 0.6) is 0 Å². The number of Topliss-reactive ketones (excluding diaryl/α,β-unsaturated/α-hetero) is 3. The van der Waals surface area contributed by atoms with E-state index in [0.717, 1.165) is 16.8 Å². The zero-order valence-electron chi connectivity index (χ0n) is 46.1. The van der Waals surface area contributed by atoms with E-state index >= 15 is 0 Å². The second-order valence-electron chi connectivity index (χ2n) is 22.5. The molecule has 5 heterocycles. The summed E-state index contributed by atoms with van der Waals surface area (Å²) in [7, 11) is 4.51. The number of fused-ring (bicyclic) bond motifs is 16. The van der Waals surface area contributed by atoms with Crippen molar-refractivity contribution >= 4 is 46.5 Å². The Balaban J connectivity index is 1.36. The highest BCUT2D eigenvalue weighted by Gasteiger charge is 2.53. The number of piperidine rings is 1. The fourth-order valence-electron chi connectivity index (χ4n) is 12.0. The summed E-state index contributed by atoms with van der Waals surface area (Å²) in [6.07, 6.45) is 6.19. The number of benzene rings is 1. The number of rotatable bonds is 7. The molecule has 1 aliphatic carbocycles. The number of hydroxylamine groups is 1. The number of allylic oxidation sites excluding steroid dienone is 1. The van der Waals surface area contributed by atoms with E-state index in [4.69, 9.17) is 40.1 Å². The molecule has 3 N–H and O–H groups in total. The molecule has 4 bridgehead atoms. The number of nitrogens with zero attached hydrogens (tertiary/aromatic N) is 2.